The van der Waals surface area contributed by atoms with Gasteiger partial charge < -0.3 is 10.1 Å². The molecule has 0 aliphatic heterocycles. The molecule has 0 aliphatic carbocycles. The molecule has 0 saturated carbocycles. The van der Waals surface area contributed by atoms with Crippen molar-refractivity contribution in [2.45, 2.75) is 37.4 Å². The summed E-state index contributed by atoms with van der Waals surface area (Å²) in [6.07, 6.45) is 3.02. The van der Waals surface area contributed by atoms with Crippen molar-refractivity contribution in [2.24, 2.45) is 0 Å². The Morgan fingerprint density at radius 3 is 2.44 bits per heavy atom. The first-order chi connectivity index (χ1) is 15.6. The maximum atomic E-state index is 12.4. The van der Waals surface area contributed by atoms with E-state index in [1.165, 1.54) is 28.7 Å². The zero-order chi connectivity index (χ0) is 22.8. The summed E-state index contributed by atoms with van der Waals surface area (Å²) in [6, 6.07) is 14.8. The zero-order valence-corrected chi connectivity index (χ0v) is 19.7. The van der Waals surface area contributed by atoms with Crippen LogP contribution in [0.3, 0.4) is 0 Å². The summed E-state index contributed by atoms with van der Waals surface area (Å²) in [5, 5.41) is 14.0. The van der Waals surface area contributed by atoms with E-state index in [0.29, 0.717) is 21.6 Å². The zero-order valence-electron chi connectivity index (χ0n) is 18.1. The van der Waals surface area contributed by atoms with E-state index >= 15 is 0 Å². The van der Waals surface area contributed by atoms with Gasteiger partial charge in [0.2, 0.25) is 11.0 Å². The fourth-order valence-electron chi connectivity index (χ4n) is 2.67. The van der Waals surface area contributed by atoms with E-state index in [9.17, 15) is 9.59 Å². The van der Waals surface area contributed by atoms with Gasteiger partial charge in [0.05, 0.1) is 12.4 Å². The van der Waals surface area contributed by atoms with Gasteiger partial charge in [-0.25, -0.2) is 0 Å². The van der Waals surface area contributed by atoms with E-state index in [1.54, 1.807) is 24.3 Å². The minimum atomic E-state index is -0.272. The van der Waals surface area contributed by atoms with Gasteiger partial charge in [0.25, 0.3) is 5.91 Å². The monoisotopic (exact) mass is 470 g/mol. The molecule has 0 atom stereocenters. The standard InChI is InChI=1S/C23H26N4O3S2/c1-3-5-14-30-19-12-8-17(9-13-19)21(29)25-22-26-27-23(32-22)31-15-20(28)24-18-10-6-16(4-2)7-11-18/h6-13H,3-5,14-15H2,1-2H3,(H,24,28)(H,25,26,29). The summed E-state index contributed by atoms with van der Waals surface area (Å²) in [6.45, 7) is 4.86. The van der Waals surface area contributed by atoms with Crippen molar-refractivity contribution in [3.05, 3.63) is 59.7 Å². The fraction of sp³-hybridized carbons (Fsp3) is 0.304. The van der Waals surface area contributed by atoms with Crippen LogP contribution in [0.4, 0.5) is 10.8 Å². The summed E-state index contributed by atoms with van der Waals surface area (Å²) < 4.78 is 6.22. The quantitative estimate of drug-likeness (QED) is 0.225. The Morgan fingerprint density at radius 2 is 1.75 bits per heavy atom. The normalized spacial score (nSPS) is 10.6. The lowest BCUT2D eigenvalue weighted by Gasteiger charge is -2.06. The average molecular weight is 471 g/mol. The number of amides is 2. The van der Waals surface area contributed by atoms with Crippen LogP contribution in [0, 0.1) is 0 Å². The number of nitrogens with one attached hydrogen (secondary N) is 2. The van der Waals surface area contributed by atoms with Gasteiger partial charge in [-0.15, -0.1) is 10.2 Å². The number of ether oxygens (including phenoxy) is 1. The molecule has 0 bridgehead atoms. The van der Waals surface area contributed by atoms with Gasteiger partial charge in [-0.2, -0.15) is 0 Å². The molecule has 3 aromatic rings. The number of hydrogen-bond acceptors (Lipinski definition) is 7. The maximum Gasteiger partial charge on any atom is 0.257 e. The molecule has 0 fully saturated rings. The fourth-order valence-corrected chi connectivity index (χ4v) is 4.22. The van der Waals surface area contributed by atoms with Crippen LogP contribution in [0.15, 0.2) is 52.9 Å². The van der Waals surface area contributed by atoms with Crippen molar-refractivity contribution < 1.29 is 14.3 Å². The number of aromatic nitrogens is 2. The molecule has 2 aromatic carbocycles. The van der Waals surface area contributed by atoms with Crippen molar-refractivity contribution in [3.63, 3.8) is 0 Å². The van der Waals surface area contributed by atoms with E-state index in [-0.39, 0.29) is 17.6 Å². The SMILES string of the molecule is CCCCOc1ccc(C(=O)Nc2nnc(SCC(=O)Nc3ccc(CC)cc3)s2)cc1. The summed E-state index contributed by atoms with van der Waals surface area (Å²) in [7, 11) is 0. The maximum absolute atomic E-state index is 12.4. The topological polar surface area (TPSA) is 93.2 Å². The Kier molecular flexibility index (Phi) is 9.06. The number of anilines is 2. The first kappa shape index (κ1) is 23.7. The Hall–Kier alpha value is -2.91. The van der Waals surface area contributed by atoms with Crippen LogP contribution in [-0.2, 0) is 11.2 Å². The highest BCUT2D eigenvalue weighted by Crippen LogP contribution is 2.26. The van der Waals surface area contributed by atoms with Gasteiger partial charge in [-0.1, -0.05) is 55.5 Å². The lowest BCUT2D eigenvalue weighted by Crippen LogP contribution is -2.13. The third-order valence-electron chi connectivity index (χ3n) is 4.48. The number of thioether (sulfide) groups is 1. The van der Waals surface area contributed by atoms with Crippen LogP contribution in [0.1, 0.15) is 42.6 Å². The predicted octanol–water partition coefficient (Wildman–Crippen LogP) is 5.26. The Labute approximate surface area is 196 Å². The number of aryl methyl sites for hydroxylation is 1. The Bertz CT molecular complexity index is 1020. The molecule has 168 valence electrons. The van der Waals surface area contributed by atoms with Crippen molar-refractivity contribution in [3.8, 4) is 5.75 Å². The van der Waals surface area contributed by atoms with Crippen LogP contribution >= 0.6 is 23.1 Å². The molecule has 1 aromatic heterocycles. The van der Waals surface area contributed by atoms with Crippen LogP contribution < -0.4 is 15.4 Å². The third kappa shape index (κ3) is 7.35. The summed E-state index contributed by atoms with van der Waals surface area (Å²) in [5.74, 6) is 0.550. The molecule has 0 spiro atoms. The van der Waals surface area contributed by atoms with E-state index in [0.717, 1.165) is 30.7 Å². The number of rotatable bonds is 11. The molecule has 0 aliphatic rings. The second kappa shape index (κ2) is 12.2. The van der Waals surface area contributed by atoms with Gasteiger partial charge in [0, 0.05) is 11.3 Å². The lowest BCUT2D eigenvalue weighted by atomic mass is 10.1. The van der Waals surface area contributed by atoms with Crippen LogP contribution in [0.25, 0.3) is 0 Å². The highest BCUT2D eigenvalue weighted by Gasteiger charge is 2.12. The van der Waals surface area contributed by atoms with Gasteiger partial charge in [-0.05, 0) is 54.8 Å². The van der Waals surface area contributed by atoms with E-state index in [4.69, 9.17) is 4.74 Å². The number of carbonyl (C=O) groups excluding carboxylic acids is 2. The van der Waals surface area contributed by atoms with Crippen LogP contribution in [0.5, 0.6) is 5.75 Å². The van der Waals surface area contributed by atoms with E-state index in [1.807, 2.05) is 24.3 Å². The van der Waals surface area contributed by atoms with Crippen molar-refractivity contribution in [2.75, 3.05) is 23.0 Å². The Balaban J connectivity index is 1.45. The first-order valence-corrected chi connectivity index (χ1v) is 12.3. The largest absolute Gasteiger partial charge is 0.494 e. The number of nitrogens with zero attached hydrogens (tertiary/aromatic N) is 2. The second-order valence-electron chi connectivity index (χ2n) is 6.94. The molecule has 9 heteroatoms. The summed E-state index contributed by atoms with van der Waals surface area (Å²) >= 11 is 2.51. The Morgan fingerprint density at radius 1 is 1.00 bits per heavy atom. The van der Waals surface area contributed by atoms with E-state index in [2.05, 4.69) is 34.7 Å². The molecule has 0 radical (unpaired) electrons. The highest BCUT2D eigenvalue weighted by atomic mass is 32.2. The molecule has 32 heavy (non-hydrogen) atoms. The summed E-state index contributed by atoms with van der Waals surface area (Å²) in [5.41, 5.74) is 2.49. The average Bonchev–Trinajstić information content (AvgIpc) is 3.26. The second-order valence-corrected chi connectivity index (χ2v) is 9.14. The van der Waals surface area contributed by atoms with Gasteiger partial charge in [-0.3, -0.25) is 14.9 Å². The van der Waals surface area contributed by atoms with Crippen LogP contribution in [0.2, 0.25) is 0 Å². The van der Waals surface area contributed by atoms with E-state index < -0.39 is 0 Å². The number of carbonyl (C=O) groups is 2. The van der Waals surface area contributed by atoms with Gasteiger partial charge in [0.15, 0.2) is 4.34 Å². The molecule has 0 saturated heterocycles. The molecule has 2 N–H and O–H groups in total. The number of unbranched alkanes of at least 4 members (excludes halogenated alkanes) is 1. The smallest absolute Gasteiger partial charge is 0.257 e. The van der Waals surface area contributed by atoms with Crippen LogP contribution in [-0.4, -0.2) is 34.4 Å². The molecular weight excluding hydrogens is 444 g/mol. The molecule has 2 amide bonds. The van der Waals surface area contributed by atoms with Gasteiger partial charge in [0.1, 0.15) is 5.75 Å². The molecule has 0 unspecified atom stereocenters. The minimum Gasteiger partial charge on any atom is -0.494 e. The van der Waals surface area contributed by atoms with Gasteiger partial charge >= 0.3 is 0 Å². The van der Waals surface area contributed by atoms with Crippen molar-refractivity contribution >= 4 is 45.7 Å². The number of hydrogen-bond donors (Lipinski definition) is 2. The number of benzene rings is 2. The predicted molar refractivity (Wildman–Crippen MR) is 130 cm³/mol. The molecular formula is C23H26N4O3S2. The van der Waals surface area contributed by atoms with Crippen molar-refractivity contribution in [1.82, 2.24) is 10.2 Å². The summed E-state index contributed by atoms with van der Waals surface area (Å²) in [4.78, 5) is 24.6. The minimum absolute atomic E-state index is 0.124. The third-order valence-corrected chi connectivity index (χ3v) is 6.45. The lowest BCUT2D eigenvalue weighted by molar-refractivity contribution is -0.113. The molecule has 7 nitrogen and oxygen atoms in total. The van der Waals surface area contributed by atoms with Crippen molar-refractivity contribution in [1.29, 1.82) is 0 Å². The highest BCUT2D eigenvalue weighted by molar-refractivity contribution is 8.01. The molecule has 3 rings (SSSR count). The molecule has 1 heterocycles. The first-order valence-electron chi connectivity index (χ1n) is 10.5.